The molecule has 0 saturated heterocycles. The Morgan fingerprint density at radius 3 is 2.42 bits per heavy atom. The number of para-hydroxylation sites is 1. The molecule has 0 spiro atoms. The van der Waals surface area contributed by atoms with Crippen LogP contribution in [0.15, 0.2) is 48.5 Å². The van der Waals surface area contributed by atoms with Crippen LogP contribution in [-0.2, 0) is 6.18 Å². The number of halogens is 3. The molecule has 2 aromatic rings. The number of urea groups is 1. The van der Waals surface area contributed by atoms with E-state index in [-0.39, 0.29) is 0 Å². The molecule has 0 heterocycles. The lowest BCUT2D eigenvalue weighted by Gasteiger charge is -2.13. The number of amides is 2. The quantitative estimate of drug-likeness (QED) is 0.723. The Hall–Kier alpha value is -2.54. The summed E-state index contributed by atoms with van der Waals surface area (Å²) in [6.45, 7) is 0.927. The van der Waals surface area contributed by atoms with E-state index in [2.05, 4.69) is 16.0 Å². The van der Waals surface area contributed by atoms with Crippen LogP contribution in [0.5, 0.6) is 0 Å². The van der Waals surface area contributed by atoms with Crippen molar-refractivity contribution >= 4 is 17.4 Å². The van der Waals surface area contributed by atoms with E-state index < -0.39 is 17.8 Å². The summed E-state index contributed by atoms with van der Waals surface area (Å²) >= 11 is 0. The molecule has 1 aliphatic rings. The molecule has 138 valence electrons. The second kappa shape index (κ2) is 7.37. The van der Waals surface area contributed by atoms with Gasteiger partial charge < -0.3 is 16.0 Å². The Balaban J connectivity index is 1.64. The van der Waals surface area contributed by atoms with Crippen molar-refractivity contribution in [2.24, 2.45) is 5.92 Å². The zero-order valence-electron chi connectivity index (χ0n) is 14.2. The van der Waals surface area contributed by atoms with Crippen LogP contribution in [0, 0.1) is 5.92 Å². The summed E-state index contributed by atoms with van der Waals surface area (Å²) in [6.07, 6.45) is -3.33. The van der Waals surface area contributed by atoms with E-state index in [4.69, 9.17) is 0 Å². The van der Waals surface area contributed by atoms with E-state index in [1.165, 1.54) is 12.1 Å². The van der Waals surface area contributed by atoms with E-state index in [9.17, 15) is 18.0 Å². The highest BCUT2D eigenvalue weighted by Crippen LogP contribution is 2.49. The van der Waals surface area contributed by atoms with E-state index in [0.717, 1.165) is 36.3 Å². The molecule has 1 aliphatic carbocycles. The van der Waals surface area contributed by atoms with Crippen LogP contribution in [-0.4, -0.2) is 19.6 Å². The molecule has 26 heavy (non-hydrogen) atoms. The monoisotopic (exact) mass is 363 g/mol. The maximum atomic E-state index is 12.6. The molecule has 1 saturated carbocycles. The Bertz CT molecular complexity index is 774. The van der Waals surface area contributed by atoms with Gasteiger partial charge in [0.15, 0.2) is 0 Å². The van der Waals surface area contributed by atoms with Crippen LogP contribution in [0.25, 0.3) is 0 Å². The highest BCUT2D eigenvalue weighted by molar-refractivity contribution is 6.00. The fourth-order valence-corrected chi connectivity index (χ4v) is 3.08. The molecule has 2 amide bonds. The van der Waals surface area contributed by atoms with E-state index in [0.29, 0.717) is 17.5 Å². The zero-order chi connectivity index (χ0) is 18.7. The lowest BCUT2D eigenvalue weighted by atomic mass is 10.1. The minimum Gasteiger partial charge on any atom is -0.319 e. The highest BCUT2D eigenvalue weighted by atomic mass is 19.4. The van der Waals surface area contributed by atoms with Crippen molar-refractivity contribution in [1.29, 1.82) is 0 Å². The van der Waals surface area contributed by atoms with E-state index >= 15 is 0 Å². The summed E-state index contributed by atoms with van der Waals surface area (Å²) in [7, 11) is 1.91. The van der Waals surface area contributed by atoms with Gasteiger partial charge in [0.25, 0.3) is 0 Å². The standard InChI is InChI=1S/C19H20F3N3O/c1-23-11-12-10-16(12)15-4-2-3-5-17(15)25-18(26)24-14-8-6-13(7-9-14)19(20,21)22/h2-9,12,16,23H,10-11H2,1H3,(H2,24,25,26). The van der Waals surface area contributed by atoms with Gasteiger partial charge in [0.2, 0.25) is 0 Å². The summed E-state index contributed by atoms with van der Waals surface area (Å²) in [6, 6.07) is 11.5. The van der Waals surface area contributed by atoms with Gasteiger partial charge in [0.05, 0.1) is 5.56 Å². The minimum atomic E-state index is -4.39. The van der Waals surface area contributed by atoms with E-state index in [1.54, 1.807) is 0 Å². The molecular weight excluding hydrogens is 343 g/mol. The van der Waals surface area contributed by atoms with Crippen LogP contribution >= 0.6 is 0 Å². The minimum absolute atomic E-state index is 0.299. The first kappa shape index (κ1) is 18.3. The molecule has 7 heteroatoms. The molecule has 3 N–H and O–H groups in total. The normalized spacial score (nSPS) is 19.1. The molecule has 0 radical (unpaired) electrons. The Morgan fingerprint density at radius 2 is 1.77 bits per heavy atom. The van der Waals surface area contributed by atoms with Crippen LogP contribution in [0.3, 0.4) is 0 Å². The topological polar surface area (TPSA) is 53.2 Å². The first-order valence-corrected chi connectivity index (χ1v) is 8.37. The number of anilines is 2. The third kappa shape index (κ3) is 4.35. The van der Waals surface area contributed by atoms with Gasteiger partial charge in [-0.3, -0.25) is 0 Å². The van der Waals surface area contributed by atoms with Crippen molar-refractivity contribution in [3.05, 3.63) is 59.7 Å². The molecule has 3 rings (SSSR count). The van der Waals surface area contributed by atoms with Crippen molar-refractivity contribution < 1.29 is 18.0 Å². The van der Waals surface area contributed by atoms with Crippen molar-refractivity contribution in [2.75, 3.05) is 24.2 Å². The van der Waals surface area contributed by atoms with Gasteiger partial charge in [-0.25, -0.2) is 4.79 Å². The molecule has 4 nitrogen and oxygen atoms in total. The summed E-state index contributed by atoms with van der Waals surface area (Å²) in [4.78, 5) is 12.2. The third-order valence-electron chi connectivity index (χ3n) is 4.47. The average molecular weight is 363 g/mol. The Labute approximate surface area is 149 Å². The molecular formula is C19H20F3N3O. The number of rotatable bonds is 5. The maximum Gasteiger partial charge on any atom is 0.416 e. The molecule has 2 aromatic carbocycles. The van der Waals surface area contributed by atoms with Crippen LogP contribution in [0.4, 0.5) is 29.3 Å². The number of hydrogen-bond acceptors (Lipinski definition) is 2. The summed E-state index contributed by atoms with van der Waals surface area (Å²) in [5.41, 5.74) is 1.35. The number of hydrogen-bond donors (Lipinski definition) is 3. The number of carbonyl (C=O) groups excluding carboxylic acids is 1. The van der Waals surface area contributed by atoms with Crippen LogP contribution in [0.1, 0.15) is 23.5 Å². The first-order valence-electron chi connectivity index (χ1n) is 8.37. The molecule has 0 aromatic heterocycles. The molecule has 2 unspecified atom stereocenters. The molecule has 1 fully saturated rings. The number of benzene rings is 2. The maximum absolute atomic E-state index is 12.6. The van der Waals surface area contributed by atoms with Gasteiger partial charge in [-0.1, -0.05) is 18.2 Å². The lowest BCUT2D eigenvalue weighted by molar-refractivity contribution is -0.137. The number of alkyl halides is 3. The lowest BCUT2D eigenvalue weighted by Crippen LogP contribution is -2.20. The van der Waals surface area contributed by atoms with Gasteiger partial charge in [-0.05, 0) is 67.7 Å². The Kier molecular flexibility index (Phi) is 5.18. The summed E-state index contributed by atoms with van der Waals surface area (Å²) in [5, 5.41) is 8.52. The fourth-order valence-electron chi connectivity index (χ4n) is 3.08. The van der Waals surface area contributed by atoms with Crippen LogP contribution < -0.4 is 16.0 Å². The smallest absolute Gasteiger partial charge is 0.319 e. The van der Waals surface area contributed by atoms with Crippen LogP contribution in [0.2, 0.25) is 0 Å². The van der Waals surface area contributed by atoms with Crippen molar-refractivity contribution in [1.82, 2.24) is 5.32 Å². The van der Waals surface area contributed by atoms with Gasteiger partial charge in [-0.15, -0.1) is 0 Å². The molecule has 0 aliphatic heterocycles. The summed E-state index contributed by atoms with van der Waals surface area (Å²) < 4.78 is 37.7. The zero-order valence-corrected chi connectivity index (χ0v) is 14.2. The second-order valence-corrected chi connectivity index (χ2v) is 6.40. The average Bonchev–Trinajstić information content (AvgIpc) is 3.34. The van der Waals surface area contributed by atoms with Gasteiger partial charge in [0, 0.05) is 11.4 Å². The summed E-state index contributed by atoms with van der Waals surface area (Å²) in [5.74, 6) is 0.964. The van der Waals surface area contributed by atoms with E-state index in [1.807, 2.05) is 31.3 Å². The SMILES string of the molecule is CNCC1CC1c1ccccc1NC(=O)Nc1ccc(C(F)(F)F)cc1. The van der Waals surface area contributed by atoms with Gasteiger partial charge in [-0.2, -0.15) is 13.2 Å². The van der Waals surface area contributed by atoms with Crippen molar-refractivity contribution in [2.45, 2.75) is 18.5 Å². The Morgan fingerprint density at radius 1 is 1.08 bits per heavy atom. The van der Waals surface area contributed by atoms with Gasteiger partial charge in [0.1, 0.15) is 0 Å². The highest BCUT2D eigenvalue weighted by Gasteiger charge is 2.38. The molecule has 2 atom stereocenters. The van der Waals surface area contributed by atoms with Gasteiger partial charge >= 0.3 is 12.2 Å². The number of nitrogens with one attached hydrogen (secondary N) is 3. The second-order valence-electron chi connectivity index (χ2n) is 6.40. The largest absolute Gasteiger partial charge is 0.416 e. The van der Waals surface area contributed by atoms with Crippen molar-refractivity contribution in [3.8, 4) is 0 Å². The first-order chi connectivity index (χ1) is 12.4. The fraction of sp³-hybridized carbons (Fsp3) is 0.316. The predicted molar refractivity (Wildman–Crippen MR) is 95.3 cm³/mol. The number of carbonyl (C=O) groups is 1. The third-order valence-corrected chi connectivity index (χ3v) is 4.47. The van der Waals surface area contributed by atoms with Crippen molar-refractivity contribution in [3.63, 3.8) is 0 Å². The molecule has 0 bridgehead atoms. The predicted octanol–water partition coefficient (Wildman–Crippen LogP) is 4.67.